The average Bonchev–Trinajstić information content (AvgIpc) is 2.68. The Morgan fingerprint density at radius 1 is 1.26 bits per heavy atom. The lowest BCUT2D eigenvalue weighted by Gasteiger charge is -2.42. The van der Waals surface area contributed by atoms with Gasteiger partial charge in [0.05, 0.1) is 6.61 Å². The van der Waals surface area contributed by atoms with Crippen LogP contribution >= 0.6 is 0 Å². The number of benzene rings is 2. The van der Waals surface area contributed by atoms with Crippen molar-refractivity contribution in [2.45, 2.75) is 38.4 Å². The largest absolute Gasteiger partial charge is 0.372 e. The van der Waals surface area contributed by atoms with Crippen molar-refractivity contribution in [2.75, 3.05) is 19.7 Å². The van der Waals surface area contributed by atoms with Gasteiger partial charge < -0.3 is 10.1 Å². The lowest BCUT2D eigenvalue weighted by Crippen LogP contribution is -2.57. The minimum absolute atomic E-state index is 0.189. The Balaban J connectivity index is 2.01. The van der Waals surface area contributed by atoms with E-state index in [1.807, 2.05) is 36.4 Å². The van der Waals surface area contributed by atoms with Gasteiger partial charge in [0.2, 0.25) is 0 Å². The van der Waals surface area contributed by atoms with Crippen LogP contribution < -0.4 is 11.2 Å². The highest BCUT2D eigenvalue weighted by atomic mass is 19.1. The first-order valence-corrected chi connectivity index (χ1v) is 9.58. The van der Waals surface area contributed by atoms with E-state index in [1.54, 1.807) is 6.07 Å². The van der Waals surface area contributed by atoms with Crippen molar-refractivity contribution in [1.29, 1.82) is 0 Å². The molecule has 1 heterocycles. The van der Waals surface area contributed by atoms with Gasteiger partial charge in [-0.1, -0.05) is 50.2 Å². The van der Waals surface area contributed by atoms with Crippen LogP contribution in [0.4, 0.5) is 4.39 Å². The number of ether oxygens (including phenoxy) is 1. The standard InChI is InChI=1S/C22H29FN2O2/c1-16(2)13-22(27-24,21-15-25-10-11-26-21)14-18-12-19(23)8-9-20(18)17-6-4-3-5-7-17/h3-9,12,16,21,25H,10-11,13-15,24H2,1-2H3. The van der Waals surface area contributed by atoms with Crippen LogP contribution in [-0.2, 0) is 16.0 Å². The predicted molar refractivity (Wildman–Crippen MR) is 106 cm³/mol. The first-order chi connectivity index (χ1) is 13.0. The van der Waals surface area contributed by atoms with Gasteiger partial charge >= 0.3 is 0 Å². The highest BCUT2D eigenvalue weighted by molar-refractivity contribution is 5.67. The Bertz CT molecular complexity index is 732. The highest BCUT2D eigenvalue weighted by Crippen LogP contribution is 2.35. The normalized spacial score (nSPS) is 19.8. The van der Waals surface area contributed by atoms with E-state index in [0.29, 0.717) is 25.5 Å². The van der Waals surface area contributed by atoms with Crippen molar-refractivity contribution in [3.63, 3.8) is 0 Å². The van der Waals surface area contributed by atoms with Gasteiger partial charge in [0, 0.05) is 19.5 Å². The molecule has 4 nitrogen and oxygen atoms in total. The van der Waals surface area contributed by atoms with Gasteiger partial charge in [0.1, 0.15) is 17.5 Å². The summed E-state index contributed by atoms with van der Waals surface area (Å²) in [7, 11) is 0. The maximum Gasteiger partial charge on any atom is 0.123 e. The highest BCUT2D eigenvalue weighted by Gasteiger charge is 2.43. The van der Waals surface area contributed by atoms with Gasteiger partial charge in [-0.2, -0.15) is 0 Å². The van der Waals surface area contributed by atoms with Crippen molar-refractivity contribution in [1.82, 2.24) is 5.32 Å². The number of hydrogen-bond acceptors (Lipinski definition) is 4. The molecule has 3 N–H and O–H groups in total. The monoisotopic (exact) mass is 372 g/mol. The van der Waals surface area contributed by atoms with Crippen molar-refractivity contribution < 1.29 is 14.0 Å². The van der Waals surface area contributed by atoms with Crippen LogP contribution in [0.3, 0.4) is 0 Å². The lowest BCUT2D eigenvalue weighted by atomic mass is 9.79. The van der Waals surface area contributed by atoms with E-state index in [0.717, 1.165) is 29.7 Å². The molecule has 3 rings (SSSR count). The van der Waals surface area contributed by atoms with E-state index >= 15 is 0 Å². The fourth-order valence-corrected chi connectivity index (χ4v) is 4.01. The zero-order valence-electron chi connectivity index (χ0n) is 16.1. The first kappa shape index (κ1) is 20.0. The number of nitrogens with one attached hydrogen (secondary N) is 1. The molecule has 1 aliphatic rings. The molecule has 2 unspecified atom stereocenters. The molecule has 1 saturated heterocycles. The second kappa shape index (κ2) is 8.93. The van der Waals surface area contributed by atoms with E-state index in [9.17, 15) is 4.39 Å². The summed E-state index contributed by atoms with van der Waals surface area (Å²) in [5.41, 5.74) is 2.19. The number of morpholine rings is 1. The molecule has 2 aromatic rings. The van der Waals surface area contributed by atoms with Crippen molar-refractivity contribution in [3.05, 3.63) is 59.9 Å². The quantitative estimate of drug-likeness (QED) is 0.728. The van der Waals surface area contributed by atoms with E-state index in [2.05, 4.69) is 19.2 Å². The van der Waals surface area contributed by atoms with Crippen LogP contribution in [0.5, 0.6) is 0 Å². The molecule has 1 fully saturated rings. The van der Waals surface area contributed by atoms with Crippen LogP contribution in [0.15, 0.2) is 48.5 Å². The van der Waals surface area contributed by atoms with Crippen LogP contribution in [0, 0.1) is 11.7 Å². The third-order valence-electron chi connectivity index (χ3n) is 5.14. The molecule has 2 aromatic carbocycles. The molecule has 27 heavy (non-hydrogen) atoms. The molecule has 1 aliphatic heterocycles. The van der Waals surface area contributed by atoms with Crippen LogP contribution in [-0.4, -0.2) is 31.4 Å². The molecule has 0 saturated carbocycles. The van der Waals surface area contributed by atoms with Gasteiger partial charge in [-0.3, -0.25) is 4.84 Å². The minimum atomic E-state index is -0.723. The van der Waals surface area contributed by atoms with E-state index in [-0.39, 0.29) is 11.9 Å². The fraction of sp³-hybridized carbons (Fsp3) is 0.455. The van der Waals surface area contributed by atoms with E-state index in [4.69, 9.17) is 15.5 Å². The van der Waals surface area contributed by atoms with Crippen molar-refractivity contribution in [3.8, 4) is 11.1 Å². The molecular formula is C22H29FN2O2. The third-order valence-corrected chi connectivity index (χ3v) is 5.14. The summed E-state index contributed by atoms with van der Waals surface area (Å²) in [6.45, 7) is 6.36. The summed E-state index contributed by atoms with van der Waals surface area (Å²) in [5.74, 6) is 5.95. The first-order valence-electron chi connectivity index (χ1n) is 9.58. The van der Waals surface area contributed by atoms with Gasteiger partial charge in [-0.15, -0.1) is 0 Å². The molecule has 0 bridgehead atoms. The predicted octanol–water partition coefficient (Wildman–Crippen LogP) is 3.70. The Hall–Kier alpha value is -1.79. The zero-order valence-corrected chi connectivity index (χ0v) is 16.1. The molecule has 0 spiro atoms. The summed E-state index contributed by atoms with van der Waals surface area (Å²) in [5, 5.41) is 3.36. The lowest BCUT2D eigenvalue weighted by molar-refractivity contribution is -0.164. The van der Waals surface area contributed by atoms with Gasteiger partial charge in [-0.25, -0.2) is 10.3 Å². The Labute approximate surface area is 160 Å². The fourth-order valence-electron chi connectivity index (χ4n) is 4.01. The second-order valence-corrected chi connectivity index (χ2v) is 7.69. The number of halogens is 1. The summed E-state index contributed by atoms with van der Waals surface area (Å²) in [4.78, 5) is 5.64. The summed E-state index contributed by atoms with van der Waals surface area (Å²) in [6.07, 6.45) is 1.02. The second-order valence-electron chi connectivity index (χ2n) is 7.69. The molecule has 0 aliphatic carbocycles. The molecule has 2 atom stereocenters. The number of hydrogen-bond donors (Lipinski definition) is 2. The van der Waals surface area contributed by atoms with E-state index < -0.39 is 5.60 Å². The molecule has 0 radical (unpaired) electrons. The van der Waals surface area contributed by atoms with Crippen molar-refractivity contribution in [2.24, 2.45) is 11.8 Å². The molecule has 0 amide bonds. The topological polar surface area (TPSA) is 56.5 Å². The smallest absolute Gasteiger partial charge is 0.123 e. The minimum Gasteiger partial charge on any atom is -0.372 e. The van der Waals surface area contributed by atoms with E-state index in [1.165, 1.54) is 6.07 Å². The van der Waals surface area contributed by atoms with Crippen LogP contribution in [0.1, 0.15) is 25.8 Å². The zero-order chi connectivity index (χ0) is 19.3. The Morgan fingerprint density at radius 2 is 2.04 bits per heavy atom. The molecule has 5 heteroatoms. The van der Waals surface area contributed by atoms with Gasteiger partial charge in [-0.05, 0) is 41.2 Å². The molecule has 146 valence electrons. The molecular weight excluding hydrogens is 343 g/mol. The average molecular weight is 372 g/mol. The van der Waals surface area contributed by atoms with Crippen molar-refractivity contribution >= 4 is 0 Å². The number of nitrogens with two attached hydrogens (primary N) is 1. The summed E-state index contributed by atoms with van der Waals surface area (Å²) < 4.78 is 20.2. The summed E-state index contributed by atoms with van der Waals surface area (Å²) in [6, 6.07) is 14.9. The number of rotatable bonds is 7. The maximum atomic E-state index is 14.1. The Kier molecular flexibility index (Phi) is 6.60. The van der Waals surface area contributed by atoms with Crippen LogP contribution in [0.2, 0.25) is 0 Å². The van der Waals surface area contributed by atoms with Gasteiger partial charge in [0.15, 0.2) is 0 Å². The summed E-state index contributed by atoms with van der Waals surface area (Å²) >= 11 is 0. The SMILES string of the molecule is CC(C)CC(Cc1cc(F)ccc1-c1ccccc1)(ON)C1CNCCO1. The third kappa shape index (κ3) is 4.74. The Morgan fingerprint density at radius 3 is 2.67 bits per heavy atom. The maximum absolute atomic E-state index is 14.1. The van der Waals surface area contributed by atoms with Gasteiger partial charge in [0.25, 0.3) is 0 Å². The molecule has 0 aromatic heterocycles. The van der Waals surface area contributed by atoms with Crippen LogP contribution in [0.25, 0.3) is 11.1 Å².